The van der Waals surface area contributed by atoms with E-state index in [-0.39, 0.29) is 51.4 Å². The minimum absolute atomic E-state index is 0. The first-order valence-electron chi connectivity index (χ1n) is 13.7. The number of hydrogen-bond acceptors (Lipinski definition) is 2. The number of nitriles is 2. The summed E-state index contributed by atoms with van der Waals surface area (Å²) in [6.07, 6.45) is 6.32. The molecule has 0 aliphatic carbocycles. The van der Waals surface area contributed by atoms with Gasteiger partial charge < -0.3 is 0 Å². The van der Waals surface area contributed by atoms with Crippen LogP contribution in [0.25, 0.3) is 33.8 Å². The van der Waals surface area contributed by atoms with E-state index in [1.54, 1.807) is 19.1 Å². The minimum Gasteiger partial charge on any atom is -0.277 e. The zero-order valence-corrected chi connectivity index (χ0v) is 28.7. The van der Waals surface area contributed by atoms with Gasteiger partial charge in [-0.25, -0.2) is 0 Å². The van der Waals surface area contributed by atoms with Crippen molar-refractivity contribution in [2.24, 2.45) is 0 Å². The Morgan fingerprint density at radius 2 is 0.750 bits per heavy atom. The number of benzene rings is 3. The van der Waals surface area contributed by atoms with Crippen molar-refractivity contribution in [2.75, 3.05) is 0 Å². The molecule has 0 unspecified atom stereocenters. The molecule has 0 aliphatic rings. The predicted molar refractivity (Wildman–Crippen MR) is 166 cm³/mol. The van der Waals surface area contributed by atoms with Gasteiger partial charge in [0.25, 0.3) is 6.07 Å². The van der Waals surface area contributed by atoms with Gasteiger partial charge in [0, 0.05) is 67.3 Å². The van der Waals surface area contributed by atoms with Crippen molar-refractivity contribution in [3.63, 3.8) is 0 Å². The van der Waals surface area contributed by atoms with Gasteiger partial charge in [0.1, 0.15) is 0 Å². The summed E-state index contributed by atoms with van der Waals surface area (Å²) in [4.78, 5) is 0. The largest absolute Gasteiger partial charge is 1.00 e. The van der Waals surface area contributed by atoms with Gasteiger partial charge in [-0.2, -0.15) is 25.8 Å². The second-order valence-electron chi connectivity index (χ2n) is 9.15. The number of aromatic amines is 3. The molecule has 3 aromatic carbocycles. The molecule has 0 spiro atoms. The van der Waals surface area contributed by atoms with E-state index in [9.17, 15) is 0 Å². The third kappa shape index (κ3) is 10.0. The Labute approximate surface area is 301 Å². The van der Waals surface area contributed by atoms with Crippen LogP contribution in [0.2, 0.25) is 0 Å². The molecule has 44 heavy (non-hydrogen) atoms. The fraction of sp³-hybridized carbons (Fsp3) is 0.0909. The average Bonchev–Trinajstić information content (AvgIpc) is 3.83. The number of rotatable bonds is 6. The first-order chi connectivity index (χ1) is 21.1. The topological polar surface area (TPSA) is 129 Å². The maximum Gasteiger partial charge on any atom is 1.00 e. The fourth-order valence-electron chi connectivity index (χ4n) is 4.50. The van der Waals surface area contributed by atoms with Crippen molar-refractivity contribution in [1.29, 1.82) is 10.5 Å². The molecule has 3 heterocycles. The molecule has 0 amide bonds. The maximum atomic E-state index is 7.32. The van der Waals surface area contributed by atoms with Gasteiger partial charge >= 0.3 is 58.5 Å². The number of H-pyrrole nitrogens is 3. The van der Waals surface area contributed by atoms with Gasteiger partial charge in [0.05, 0.1) is 19.1 Å². The molecule has 0 aliphatic heterocycles. The number of nitrogens with zero attached hydrogens (tertiary/aromatic N) is 5. The molecular weight excluding hydrogens is 572 g/mol. The molecule has 4 N–H and O–H groups in total. The van der Waals surface area contributed by atoms with Crippen LogP contribution in [-0.4, -0.2) is 20.9 Å². The zero-order chi connectivity index (χ0) is 30.9. The Morgan fingerprint density at radius 3 is 0.977 bits per heavy atom. The zero-order valence-electron chi connectivity index (χ0n) is 25.6. The standard InChI is InChI=1S/C27H22BN6.3C2H3N.K/c1-4-10-22(11-5-1)25-16-19-32(29-25)28(33-20-17-26(30-33)23-12-6-2-7-13-23)34-21-18-27(31-34)24-14-8-3-9-15-24;3*1-2-3;/h1-21,28H;3*1H3;/q-1;;;;+1/p+4. The summed E-state index contributed by atoms with van der Waals surface area (Å²) >= 11 is 0. The Morgan fingerprint density at radius 1 is 0.523 bits per heavy atom. The Hall–Kier alpha value is -4.54. The van der Waals surface area contributed by atoms with Crippen LogP contribution >= 0.6 is 0 Å². The van der Waals surface area contributed by atoms with Crippen LogP contribution in [0, 0.1) is 28.7 Å². The molecule has 0 atom stereocenters. The molecule has 212 valence electrons. The van der Waals surface area contributed by atoms with E-state index < -0.39 is 7.12 Å². The smallest absolute Gasteiger partial charge is 0.277 e. The van der Waals surface area contributed by atoms with Crippen LogP contribution in [0.15, 0.2) is 128 Å². The van der Waals surface area contributed by atoms with Crippen LogP contribution in [-0.2, 0) is 0 Å². The van der Waals surface area contributed by atoms with Crippen molar-refractivity contribution >= 4 is 7.12 Å². The second-order valence-corrected chi connectivity index (χ2v) is 9.15. The van der Waals surface area contributed by atoms with Crippen LogP contribution in [0.3, 0.4) is 0 Å². The van der Waals surface area contributed by atoms with Crippen molar-refractivity contribution in [2.45, 2.75) is 20.8 Å². The molecule has 9 nitrogen and oxygen atoms in total. The van der Waals surface area contributed by atoms with Crippen molar-refractivity contribution in [1.82, 2.24) is 13.8 Å². The summed E-state index contributed by atoms with van der Waals surface area (Å²) in [7, 11) is -1.31. The van der Waals surface area contributed by atoms with E-state index in [2.05, 4.69) is 139 Å². The maximum absolute atomic E-state index is 7.32. The Bertz CT molecular complexity index is 1580. The first kappa shape index (κ1) is 35.7. The van der Waals surface area contributed by atoms with Crippen LogP contribution in [0.1, 0.15) is 20.8 Å². The van der Waals surface area contributed by atoms with E-state index in [1.165, 1.54) is 13.8 Å². The Balaban J connectivity index is 0.000000607. The fourth-order valence-corrected chi connectivity index (χ4v) is 4.50. The van der Waals surface area contributed by atoms with Gasteiger partial charge in [0.15, 0.2) is 0 Å². The van der Waals surface area contributed by atoms with Crippen molar-refractivity contribution < 1.29 is 71.9 Å². The van der Waals surface area contributed by atoms with Gasteiger partial charge in [-0.15, -0.1) is 5.26 Å². The minimum atomic E-state index is -1.31. The molecule has 0 radical (unpaired) electrons. The summed E-state index contributed by atoms with van der Waals surface area (Å²) in [5.74, 6) is 0. The predicted octanol–water partition coefficient (Wildman–Crippen LogP) is 0.0391. The molecular formula is C33H35BKN9+4. The second kappa shape index (κ2) is 19.6. The third-order valence-corrected chi connectivity index (χ3v) is 6.22. The first-order valence-corrected chi connectivity index (χ1v) is 13.7. The average molecular weight is 608 g/mol. The van der Waals surface area contributed by atoms with Gasteiger partial charge in [-0.05, 0) is 36.4 Å². The van der Waals surface area contributed by atoms with E-state index in [0.29, 0.717) is 0 Å². The molecule has 11 heteroatoms. The van der Waals surface area contributed by atoms with Crippen LogP contribution in [0.5, 0.6) is 0 Å². The van der Waals surface area contributed by atoms with E-state index >= 15 is 0 Å². The molecule has 0 fully saturated rings. The van der Waals surface area contributed by atoms with Gasteiger partial charge in [-0.1, -0.05) is 54.6 Å². The summed E-state index contributed by atoms with van der Waals surface area (Å²) in [5.41, 5.74) is 6.68. The van der Waals surface area contributed by atoms with Crippen molar-refractivity contribution in [3.8, 4) is 52.0 Å². The summed E-state index contributed by atoms with van der Waals surface area (Å²) < 4.78 is 6.50. The van der Waals surface area contributed by atoms with E-state index in [4.69, 9.17) is 15.8 Å². The molecule has 6 rings (SSSR count). The molecule has 6 aromatic rings. The van der Waals surface area contributed by atoms with Crippen LogP contribution in [0.4, 0.5) is 0 Å². The normalized spacial score (nSPS) is 9.20. The summed E-state index contributed by atoms with van der Waals surface area (Å²) in [6.45, 7) is 4.40. The number of nitrogens with one attached hydrogen (secondary N) is 4. The SMILES string of the molecule is CC#N.CC#N.CC#[NH+].[K+].c1ccc(-c2ccn([BH-](n3ccc(-c4ccccc4)[nH+]3)n3ccc(-c4ccccc4)[nH+]3)[nH+]2)cc1. The third-order valence-electron chi connectivity index (χ3n) is 6.22. The molecule has 0 saturated heterocycles. The summed E-state index contributed by atoms with van der Waals surface area (Å²) in [6, 6.07) is 43.0. The quantitative estimate of drug-likeness (QED) is 0.268. The van der Waals surface area contributed by atoms with Gasteiger partial charge in [0.2, 0.25) is 17.1 Å². The monoisotopic (exact) mass is 607 g/mol. The van der Waals surface area contributed by atoms with Crippen LogP contribution < -0.4 is 71.9 Å². The molecule has 0 bridgehead atoms. The molecule has 0 saturated carbocycles. The van der Waals surface area contributed by atoms with E-state index in [0.717, 1.165) is 33.8 Å². The number of aromatic nitrogens is 6. The number of hydrogen-bond donors (Lipinski definition) is 1. The summed E-state index contributed by atoms with van der Waals surface area (Å²) in [5, 5.41) is 31.4. The molecule has 3 aromatic heterocycles. The Kier molecular flexibility index (Phi) is 15.9. The van der Waals surface area contributed by atoms with Crippen molar-refractivity contribution in [3.05, 3.63) is 128 Å². The van der Waals surface area contributed by atoms with Gasteiger partial charge in [-0.3, -0.25) is 13.8 Å². The van der Waals surface area contributed by atoms with E-state index in [1.807, 2.05) is 24.3 Å².